The van der Waals surface area contributed by atoms with Gasteiger partial charge in [0.05, 0.1) is 0 Å². The van der Waals surface area contributed by atoms with Gasteiger partial charge in [0, 0.05) is 18.0 Å². The van der Waals surface area contributed by atoms with Crippen molar-refractivity contribution in [3.05, 3.63) is 11.6 Å². The Morgan fingerprint density at radius 3 is 2.80 bits per heavy atom. The maximum absolute atomic E-state index is 11.2. The van der Waals surface area contributed by atoms with Gasteiger partial charge in [0.25, 0.3) is 0 Å². The van der Waals surface area contributed by atoms with Crippen molar-refractivity contribution in [2.75, 3.05) is 12.4 Å². The average molecular weight is 229 g/mol. The van der Waals surface area contributed by atoms with Gasteiger partial charge in [-0.05, 0) is 13.5 Å². The molecule has 0 aromatic carbocycles. The normalized spacial score (nSPS) is 9.00. The van der Waals surface area contributed by atoms with E-state index < -0.39 is 0 Å². The van der Waals surface area contributed by atoms with Crippen molar-refractivity contribution in [2.24, 2.45) is 5.73 Å². The number of hydrogen-bond donors (Lipinski definition) is 2. The van der Waals surface area contributed by atoms with E-state index >= 15 is 0 Å². The summed E-state index contributed by atoms with van der Waals surface area (Å²) in [5, 5.41) is 5.29. The minimum absolute atomic E-state index is 0.0726. The predicted octanol–water partition coefficient (Wildman–Crippen LogP) is 2.24. The SMILES string of the molecule is CCCCCC(=O)Nc1nccs1.CN. The molecule has 0 unspecified atom stereocenters. The Balaban J connectivity index is 0.000000921. The van der Waals surface area contributed by atoms with Crippen molar-refractivity contribution in [2.45, 2.75) is 32.6 Å². The Bertz CT molecular complexity index is 249. The van der Waals surface area contributed by atoms with E-state index in [1.54, 1.807) is 6.20 Å². The van der Waals surface area contributed by atoms with Crippen LogP contribution in [0.1, 0.15) is 32.6 Å². The number of carbonyl (C=O) groups is 1. The second-order valence-corrected chi connectivity index (χ2v) is 3.74. The molecule has 0 aliphatic rings. The summed E-state index contributed by atoms with van der Waals surface area (Å²) in [5.41, 5.74) is 4.50. The lowest BCUT2D eigenvalue weighted by molar-refractivity contribution is -0.116. The zero-order valence-corrected chi connectivity index (χ0v) is 10.1. The van der Waals surface area contributed by atoms with E-state index in [-0.39, 0.29) is 5.91 Å². The lowest BCUT2D eigenvalue weighted by Gasteiger charge is -1.99. The molecule has 0 atom stereocenters. The number of unbranched alkanes of at least 4 members (excludes halogenated alkanes) is 2. The Kier molecular flexibility index (Phi) is 9.01. The number of nitrogens with one attached hydrogen (secondary N) is 1. The second-order valence-electron chi connectivity index (χ2n) is 2.84. The van der Waals surface area contributed by atoms with Crippen LogP contribution in [0.3, 0.4) is 0 Å². The number of aromatic nitrogens is 1. The number of nitrogens with two attached hydrogens (primary N) is 1. The number of anilines is 1. The number of hydrogen-bond acceptors (Lipinski definition) is 4. The summed E-state index contributed by atoms with van der Waals surface area (Å²) in [5.74, 6) is 0.0726. The van der Waals surface area contributed by atoms with Gasteiger partial charge in [-0.3, -0.25) is 4.79 Å². The molecule has 1 aromatic rings. The van der Waals surface area contributed by atoms with Crippen LogP contribution in [0.2, 0.25) is 0 Å². The third-order valence-corrected chi connectivity index (χ3v) is 2.37. The van der Waals surface area contributed by atoms with E-state index in [2.05, 4.69) is 23.0 Å². The predicted molar refractivity (Wildman–Crippen MR) is 65.0 cm³/mol. The highest BCUT2D eigenvalue weighted by molar-refractivity contribution is 7.13. The van der Waals surface area contributed by atoms with Gasteiger partial charge < -0.3 is 11.1 Å². The summed E-state index contributed by atoms with van der Waals surface area (Å²) in [6.07, 6.45) is 5.52. The molecule has 1 rings (SSSR count). The van der Waals surface area contributed by atoms with Crippen molar-refractivity contribution < 1.29 is 4.79 Å². The molecule has 0 bridgehead atoms. The average Bonchev–Trinajstić information content (AvgIpc) is 2.74. The third-order valence-electron chi connectivity index (χ3n) is 1.69. The summed E-state index contributed by atoms with van der Waals surface area (Å²) in [6, 6.07) is 0. The van der Waals surface area contributed by atoms with E-state index in [9.17, 15) is 4.79 Å². The summed E-state index contributed by atoms with van der Waals surface area (Å²) in [7, 11) is 1.50. The van der Waals surface area contributed by atoms with Crippen LogP contribution in [-0.4, -0.2) is 17.9 Å². The van der Waals surface area contributed by atoms with Gasteiger partial charge in [-0.2, -0.15) is 0 Å². The van der Waals surface area contributed by atoms with E-state index in [0.717, 1.165) is 19.3 Å². The Labute approximate surface area is 94.9 Å². The number of amides is 1. The molecule has 5 heteroatoms. The van der Waals surface area contributed by atoms with Gasteiger partial charge in [-0.15, -0.1) is 11.3 Å². The number of nitrogens with zero attached hydrogens (tertiary/aromatic N) is 1. The first kappa shape index (κ1) is 14.1. The maximum Gasteiger partial charge on any atom is 0.226 e. The van der Waals surface area contributed by atoms with Crippen molar-refractivity contribution >= 4 is 22.4 Å². The number of thiazole rings is 1. The van der Waals surface area contributed by atoms with Crippen LogP contribution < -0.4 is 11.1 Å². The standard InChI is InChI=1S/C9H14N2OS.CH5N/c1-2-3-4-5-8(12)11-9-10-6-7-13-9;1-2/h6-7H,2-5H2,1H3,(H,10,11,12);2H2,1H3. The van der Waals surface area contributed by atoms with Crippen molar-refractivity contribution in [1.82, 2.24) is 4.98 Å². The fourth-order valence-electron chi connectivity index (χ4n) is 1.00. The zero-order valence-electron chi connectivity index (χ0n) is 9.32. The molecule has 0 aliphatic heterocycles. The minimum Gasteiger partial charge on any atom is -0.333 e. The monoisotopic (exact) mass is 229 g/mol. The third kappa shape index (κ3) is 7.04. The maximum atomic E-state index is 11.2. The van der Waals surface area contributed by atoms with Crippen LogP contribution in [-0.2, 0) is 4.79 Å². The smallest absolute Gasteiger partial charge is 0.226 e. The topological polar surface area (TPSA) is 68.0 Å². The highest BCUT2D eigenvalue weighted by atomic mass is 32.1. The quantitative estimate of drug-likeness (QED) is 0.761. The summed E-state index contributed by atoms with van der Waals surface area (Å²) in [6.45, 7) is 2.12. The first-order valence-corrected chi connectivity index (χ1v) is 5.98. The largest absolute Gasteiger partial charge is 0.333 e. The van der Waals surface area contributed by atoms with Crippen LogP contribution >= 0.6 is 11.3 Å². The van der Waals surface area contributed by atoms with Gasteiger partial charge >= 0.3 is 0 Å². The zero-order chi connectivity index (χ0) is 11.5. The Morgan fingerprint density at radius 2 is 2.27 bits per heavy atom. The van der Waals surface area contributed by atoms with E-state index in [4.69, 9.17) is 0 Å². The van der Waals surface area contributed by atoms with Crippen LogP contribution in [0.25, 0.3) is 0 Å². The highest BCUT2D eigenvalue weighted by Gasteiger charge is 2.02. The van der Waals surface area contributed by atoms with Gasteiger partial charge in [-0.1, -0.05) is 19.8 Å². The van der Waals surface area contributed by atoms with Gasteiger partial charge in [-0.25, -0.2) is 4.98 Å². The number of rotatable bonds is 5. The Morgan fingerprint density at radius 1 is 1.53 bits per heavy atom. The lowest BCUT2D eigenvalue weighted by atomic mass is 10.2. The van der Waals surface area contributed by atoms with Crippen molar-refractivity contribution in [3.8, 4) is 0 Å². The molecule has 1 heterocycles. The molecule has 0 aliphatic carbocycles. The first-order chi connectivity index (χ1) is 7.33. The molecule has 0 fully saturated rings. The Hall–Kier alpha value is -0.940. The van der Waals surface area contributed by atoms with Crippen molar-refractivity contribution in [1.29, 1.82) is 0 Å². The van der Waals surface area contributed by atoms with Crippen LogP contribution in [0.4, 0.5) is 5.13 Å². The fraction of sp³-hybridized carbons (Fsp3) is 0.600. The second kappa shape index (κ2) is 9.61. The molecule has 1 aromatic heterocycles. The molecular formula is C10H19N3OS. The lowest BCUT2D eigenvalue weighted by Crippen LogP contribution is -2.10. The van der Waals surface area contributed by atoms with E-state index in [1.807, 2.05) is 5.38 Å². The van der Waals surface area contributed by atoms with E-state index in [0.29, 0.717) is 11.6 Å². The van der Waals surface area contributed by atoms with Gasteiger partial charge in [0.15, 0.2) is 5.13 Å². The van der Waals surface area contributed by atoms with E-state index in [1.165, 1.54) is 18.4 Å². The molecule has 0 radical (unpaired) electrons. The van der Waals surface area contributed by atoms with Crippen molar-refractivity contribution in [3.63, 3.8) is 0 Å². The molecule has 15 heavy (non-hydrogen) atoms. The molecule has 0 spiro atoms. The fourth-order valence-corrected chi connectivity index (χ4v) is 1.55. The molecule has 4 nitrogen and oxygen atoms in total. The number of carbonyl (C=O) groups excluding carboxylic acids is 1. The molecule has 0 saturated heterocycles. The molecule has 1 amide bonds. The molecule has 86 valence electrons. The summed E-state index contributed by atoms with van der Waals surface area (Å²) in [4.78, 5) is 15.2. The van der Waals surface area contributed by atoms with Gasteiger partial charge in [0.2, 0.25) is 5.91 Å². The minimum atomic E-state index is 0.0726. The van der Waals surface area contributed by atoms with Gasteiger partial charge in [0.1, 0.15) is 0 Å². The van der Waals surface area contributed by atoms with Crippen LogP contribution in [0, 0.1) is 0 Å². The van der Waals surface area contributed by atoms with Crippen LogP contribution in [0.5, 0.6) is 0 Å². The molecule has 0 saturated carbocycles. The molecule has 3 N–H and O–H groups in total. The highest BCUT2D eigenvalue weighted by Crippen LogP contribution is 2.11. The van der Waals surface area contributed by atoms with Crippen LogP contribution in [0.15, 0.2) is 11.6 Å². The summed E-state index contributed by atoms with van der Waals surface area (Å²) < 4.78 is 0. The summed E-state index contributed by atoms with van der Waals surface area (Å²) >= 11 is 1.45. The molecular weight excluding hydrogens is 210 g/mol. The first-order valence-electron chi connectivity index (χ1n) is 5.10.